The summed E-state index contributed by atoms with van der Waals surface area (Å²) in [7, 11) is 0. The minimum absolute atomic E-state index is 0.176. The summed E-state index contributed by atoms with van der Waals surface area (Å²) in [4.78, 5) is 23.1. The smallest absolute Gasteiger partial charge is 0.341 e. The van der Waals surface area contributed by atoms with Gasteiger partial charge in [0.2, 0.25) is 0 Å². The zero-order valence-electron chi connectivity index (χ0n) is 14.6. The summed E-state index contributed by atoms with van der Waals surface area (Å²) in [6.45, 7) is 4.51. The molecule has 7 heteroatoms. The molecular formula is C19H19F2NO4. The molecule has 0 radical (unpaired) electrons. The van der Waals surface area contributed by atoms with Gasteiger partial charge in [-0.15, -0.1) is 0 Å². The Balaban J connectivity index is 2.17. The van der Waals surface area contributed by atoms with Crippen molar-refractivity contribution in [2.24, 2.45) is 0 Å². The Hall–Kier alpha value is -2.96. The van der Waals surface area contributed by atoms with Crippen LogP contribution in [0.25, 0.3) is 0 Å². The van der Waals surface area contributed by atoms with E-state index in [-0.39, 0.29) is 5.56 Å². The van der Waals surface area contributed by atoms with Crippen LogP contribution in [-0.4, -0.2) is 23.6 Å². The number of rotatable bonds is 6. The Morgan fingerprint density at radius 3 is 2.31 bits per heavy atom. The third kappa shape index (κ3) is 4.56. The molecule has 2 aromatic carbocycles. The fourth-order valence-corrected chi connectivity index (χ4v) is 2.65. The number of halogens is 2. The third-order valence-electron chi connectivity index (χ3n) is 3.84. The number of carboxylic acids is 1. The van der Waals surface area contributed by atoms with E-state index in [4.69, 9.17) is 9.84 Å². The number of aryl methyl sites for hydroxylation is 2. The Labute approximate surface area is 149 Å². The maximum absolute atomic E-state index is 13.8. The van der Waals surface area contributed by atoms with Gasteiger partial charge in [-0.05, 0) is 50.1 Å². The van der Waals surface area contributed by atoms with Crippen LogP contribution >= 0.6 is 0 Å². The van der Waals surface area contributed by atoms with E-state index in [1.54, 1.807) is 32.9 Å². The molecule has 1 amide bonds. The number of ether oxygens (including phenoxy) is 1. The summed E-state index contributed by atoms with van der Waals surface area (Å²) in [5.74, 6) is -2.55. The number of benzene rings is 2. The van der Waals surface area contributed by atoms with Gasteiger partial charge in [-0.3, -0.25) is 4.79 Å². The van der Waals surface area contributed by atoms with Crippen LogP contribution in [0.4, 0.5) is 8.78 Å². The number of amides is 1. The number of carboxylic acid groups (broad SMARTS) is 1. The number of hydrogen-bond donors (Lipinski definition) is 2. The quantitative estimate of drug-likeness (QED) is 0.823. The topological polar surface area (TPSA) is 75.6 Å². The first-order valence-corrected chi connectivity index (χ1v) is 7.90. The normalized spacial score (nSPS) is 11.7. The highest BCUT2D eigenvalue weighted by atomic mass is 19.1. The molecule has 1 atom stereocenters. The summed E-state index contributed by atoms with van der Waals surface area (Å²) in [5.41, 5.74) is 1.72. The molecule has 138 valence electrons. The van der Waals surface area contributed by atoms with Crippen molar-refractivity contribution in [3.63, 3.8) is 0 Å². The van der Waals surface area contributed by atoms with Crippen molar-refractivity contribution in [2.75, 3.05) is 6.61 Å². The van der Waals surface area contributed by atoms with E-state index in [9.17, 15) is 18.4 Å². The van der Waals surface area contributed by atoms with Crippen LogP contribution in [-0.2, 0) is 4.79 Å². The Kier molecular flexibility index (Phi) is 5.92. The van der Waals surface area contributed by atoms with Gasteiger partial charge in [0.15, 0.2) is 6.61 Å². The predicted octanol–water partition coefficient (Wildman–Crippen LogP) is 3.54. The lowest BCUT2D eigenvalue weighted by Gasteiger charge is -2.17. The molecule has 5 nitrogen and oxygen atoms in total. The average Bonchev–Trinajstić information content (AvgIpc) is 2.53. The molecule has 26 heavy (non-hydrogen) atoms. The molecule has 0 bridgehead atoms. The highest BCUT2D eigenvalue weighted by molar-refractivity contribution is 5.95. The molecule has 0 heterocycles. The standard InChI is InChI=1S/C19H19F2NO4/c1-10-6-13(7-11(2)18(10)26-9-17(23)24)19(25)22-12(3)15-5-4-14(20)8-16(15)21/h4-8,12H,9H2,1-3H3,(H,22,25)(H,23,24). The first kappa shape index (κ1) is 19.4. The Morgan fingerprint density at radius 1 is 1.15 bits per heavy atom. The third-order valence-corrected chi connectivity index (χ3v) is 3.84. The molecule has 0 aromatic heterocycles. The molecule has 2 rings (SSSR count). The SMILES string of the molecule is Cc1cc(C(=O)NC(C)c2ccc(F)cc2F)cc(C)c1OCC(=O)O. The highest BCUT2D eigenvalue weighted by Crippen LogP contribution is 2.25. The molecule has 2 N–H and O–H groups in total. The number of hydrogen-bond acceptors (Lipinski definition) is 3. The summed E-state index contributed by atoms with van der Waals surface area (Å²) in [6, 6.07) is 5.65. The molecule has 1 unspecified atom stereocenters. The van der Waals surface area contributed by atoms with E-state index in [1.807, 2.05) is 0 Å². The second-order valence-electron chi connectivity index (χ2n) is 5.98. The Morgan fingerprint density at radius 2 is 1.77 bits per heavy atom. The van der Waals surface area contributed by atoms with Crippen molar-refractivity contribution in [3.8, 4) is 5.75 Å². The van der Waals surface area contributed by atoms with Gasteiger partial charge in [-0.1, -0.05) is 6.07 Å². The van der Waals surface area contributed by atoms with Crippen LogP contribution in [0.15, 0.2) is 30.3 Å². The van der Waals surface area contributed by atoms with Crippen molar-refractivity contribution in [2.45, 2.75) is 26.8 Å². The maximum Gasteiger partial charge on any atom is 0.341 e. The lowest BCUT2D eigenvalue weighted by atomic mass is 10.0. The first-order valence-electron chi connectivity index (χ1n) is 7.90. The number of aliphatic carboxylic acids is 1. The number of carbonyl (C=O) groups excluding carboxylic acids is 1. The van der Waals surface area contributed by atoms with Gasteiger partial charge in [0.05, 0.1) is 6.04 Å². The van der Waals surface area contributed by atoms with E-state index in [1.165, 1.54) is 6.07 Å². The van der Waals surface area contributed by atoms with Crippen molar-refractivity contribution in [3.05, 3.63) is 64.2 Å². The van der Waals surface area contributed by atoms with Crippen LogP contribution in [0.5, 0.6) is 5.75 Å². The molecule has 0 saturated carbocycles. The predicted molar refractivity (Wildman–Crippen MR) is 91.3 cm³/mol. The fraction of sp³-hybridized carbons (Fsp3) is 0.263. The zero-order valence-corrected chi connectivity index (χ0v) is 14.6. The van der Waals surface area contributed by atoms with Crippen molar-refractivity contribution >= 4 is 11.9 Å². The summed E-state index contributed by atoms with van der Waals surface area (Å²) in [5, 5.41) is 11.4. The molecule has 0 spiro atoms. The van der Waals surface area contributed by atoms with Crippen LogP contribution in [0.3, 0.4) is 0 Å². The minimum Gasteiger partial charge on any atom is -0.481 e. The molecular weight excluding hydrogens is 344 g/mol. The minimum atomic E-state index is -1.10. The van der Waals surface area contributed by atoms with Crippen LogP contribution in [0, 0.1) is 25.5 Å². The summed E-state index contributed by atoms with van der Waals surface area (Å²) < 4.78 is 32.1. The second kappa shape index (κ2) is 7.95. The van der Waals surface area contributed by atoms with Gasteiger partial charge in [0, 0.05) is 17.2 Å². The number of nitrogens with one attached hydrogen (secondary N) is 1. The fourth-order valence-electron chi connectivity index (χ4n) is 2.65. The maximum atomic E-state index is 13.8. The van der Waals surface area contributed by atoms with E-state index < -0.39 is 36.2 Å². The molecule has 0 aliphatic rings. The summed E-state index contributed by atoms with van der Waals surface area (Å²) >= 11 is 0. The first-order chi connectivity index (χ1) is 12.2. The Bertz CT molecular complexity index is 828. The molecule has 0 aliphatic carbocycles. The van der Waals surface area contributed by atoms with Crippen molar-refractivity contribution in [1.82, 2.24) is 5.32 Å². The second-order valence-corrected chi connectivity index (χ2v) is 5.98. The molecule has 0 saturated heterocycles. The van der Waals surface area contributed by atoms with E-state index in [0.717, 1.165) is 12.1 Å². The van der Waals surface area contributed by atoms with E-state index in [0.29, 0.717) is 22.4 Å². The van der Waals surface area contributed by atoms with Crippen LogP contribution in [0.1, 0.15) is 40.0 Å². The lowest BCUT2D eigenvalue weighted by molar-refractivity contribution is -0.139. The average molecular weight is 363 g/mol. The van der Waals surface area contributed by atoms with Gasteiger partial charge in [0.1, 0.15) is 17.4 Å². The molecule has 2 aromatic rings. The van der Waals surface area contributed by atoms with Gasteiger partial charge in [-0.25, -0.2) is 13.6 Å². The van der Waals surface area contributed by atoms with Crippen LogP contribution < -0.4 is 10.1 Å². The van der Waals surface area contributed by atoms with Gasteiger partial charge >= 0.3 is 5.97 Å². The van der Waals surface area contributed by atoms with Crippen molar-refractivity contribution < 1.29 is 28.2 Å². The largest absolute Gasteiger partial charge is 0.481 e. The van der Waals surface area contributed by atoms with Crippen molar-refractivity contribution in [1.29, 1.82) is 0 Å². The van der Waals surface area contributed by atoms with E-state index in [2.05, 4.69) is 5.32 Å². The van der Waals surface area contributed by atoms with Gasteiger partial charge < -0.3 is 15.2 Å². The highest BCUT2D eigenvalue weighted by Gasteiger charge is 2.17. The number of carbonyl (C=O) groups is 2. The lowest BCUT2D eigenvalue weighted by Crippen LogP contribution is -2.27. The van der Waals surface area contributed by atoms with Gasteiger partial charge in [0.25, 0.3) is 5.91 Å². The monoisotopic (exact) mass is 363 g/mol. The molecule has 0 fully saturated rings. The molecule has 0 aliphatic heterocycles. The summed E-state index contributed by atoms with van der Waals surface area (Å²) in [6.07, 6.45) is 0. The van der Waals surface area contributed by atoms with Crippen LogP contribution in [0.2, 0.25) is 0 Å². The van der Waals surface area contributed by atoms with E-state index >= 15 is 0 Å². The zero-order chi connectivity index (χ0) is 19.4. The van der Waals surface area contributed by atoms with Gasteiger partial charge in [-0.2, -0.15) is 0 Å².